The molecule has 0 heterocycles. The molecule has 0 rings (SSSR count). The van der Waals surface area contributed by atoms with Crippen LogP contribution in [-0.2, 0) is 19.1 Å². The molecule has 0 radical (unpaired) electrons. The van der Waals surface area contributed by atoms with Crippen molar-refractivity contribution in [3.63, 3.8) is 0 Å². The Morgan fingerprint density at radius 3 is 2.32 bits per heavy atom. The second-order valence-corrected chi connectivity index (χ2v) is 4.21. The first kappa shape index (κ1) is 17.4. The highest BCUT2D eigenvalue weighted by molar-refractivity contribution is 5.81. The van der Waals surface area contributed by atoms with Crippen LogP contribution in [0.5, 0.6) is 0 Å². The van der Waals surface area contributed by atoms with Gasteiger partial charge in [0.05, 0.1) is 13.0 Å². The molecule has 0 saturated carbocycles. The predicted molar refractivity (Wildman–Crippen MR) is 69.6 cm³/mol. The molecule has 1 amide bonds. The SMILES string of the molecule is CCOC(=O)CCC(=O)NCCCCCCC(=O)O. The van der Waals surface area contributed by atoms with Crippen molar-refractivity contribution in [1.29, 1.82) is 0 Å². The summed E-state index contributed by atoms with van der Waals surface area (Å²) in [5, 5.41) is 11.2. The number of unbranched alkanes of at least 4 members (excludes halogenated alkanes) is 3. The van der Waals surface area contributed by atoms with Crippen molar-refractivity contribution < 1.29 is 24.2 Å². The molecule has 0 aromatic heterocycles. The molecule has 0 saturated heterocycles. The van der Waals surface area contributed by atoms with Gasteiger partial charge in [-0.25, -0.2) is 0 Å². The monoisotopic (exact) mass is 273 g/mol. The van der Waals surface area contributed by atoms with E-state index in [1.54, 1.807) is 6.92 Å². The van der Waals surface area contributed by atoms with Crippen LogP contribution in [0, 0.1) is 0 Å². The molecule has 0 bridgehead atoms. The lowest BCUT2D eigenvalue weighted by atomic mass is 10.1. The molecular weight excluding hydrogens is 250 g/mol. The van der Waals surface area contributed by atoms with E-state index in [2.05, 4.69) is 5.32 Å². The Bertz CT molecular complexity index is 291. The van der Waals surface area contributed by atoms with Crippen molar-refractivity contribution in [2.75, 3.05) is 13.2 Å². The van der Waals surface area contributed by atoms with Crippen LogP contribution in [0.25, 0.3) is 0 Å². The maximum atomic E-state index is 11.3. The Balaban J connectivity index is 3.34. The molecule has 6 nitrogen and oxygen atoms in total. The summed E-state index contributed by atoms with van der Waals surface area (Å²) in [6.07, 6.45) is 3.70. The van der Waals surface area contributed by atoms with Gasteiger partial charge in [0.2, 0.25) is 5.91 Å². The van der Waals surface area contributed by atoms with Gasteiger partial charge in [0.1, 0.15) is 0 Å². The summed E-state index contributed by atoms with van der Waals surface area (Å²) in [5.74, 6) is -1.28. The molecule has 0 aromatic rings. The summed E-state index contributed by atoms with van der Waals surface area (Å²) in [7, 11) is 0. The summed E-state index contributed by atoms with van der Waals surface area (Å²) >= 11 is 0. The minimum atomic E-state index is -0.771. The van der Waals surface area contributed by atoms with Crippen molar-refractivity contribution in [2.24, 2.45) is 0 Å². The first-order valence-electron chi connectivity index (χ1n) is 6.70. The normalized spacial score (nSPS) is 9.95. The average Bonchev–Trinajstić information content (AvgIpc) is 2.35. The van der Waals surface area contributed by atoms with Gasteiger partial charge < -0.3 is 15.2 Å². The lowest BCUT2D eigenvalue weighted by Gasteiger charge is -2.05. The number of aliphatic carboxylic acids is 1. The number of nitrogens with one attached hydrogen (secondary N) is 1. The Morgan fingerprint density at radius 2 is 1.68 bits per heavy atom. The molecule has 6 heteroatoms. The second kappa shape index (κ2) is 11.5. The third-order valence-electron chi connectivity index (χ3n) is 2.50. The van der Waals surface area contributed by atoms with E-state index >= 15 is 0 Å². The van der Waals surface area contributed by atoms with Crippen LogP contribution >= 0.6 is 0 Å². The topological polar surface area (TPSA) is 92.7 Å². The van der Waals surface area contributed by atoms with Crippen LogP contribution in [0.15, 0.2) is 0 Å². The van der Waals surface area contributed by atoms with Crippen molar-refractivity contribution in [3.8, 4) is 0 Å². The zero-order valence-corrected chi connectivity index (χ0v) is 11.4. The molecule has 2 N–H and O–H groups in total. The molecule has 0 atom stereocenters. The van der Waals surface area contributed by atoms with Crippen molar-refractivity contribution >= 4 is 17.8 Å². The molecule has 110 valence electrons. The van der Waals surface area contributed by atoms with Gasteiger partial charge in [-0.3, -0.25) is 14.4 Å². The first-order chi connectivity index (χ1) is 9.06. The van der Waals surface area contributed by atoms with E-state index in [1.807, 2.05) is 0 Å². The summed E-state index contributed by atoms with van der Waals surface area (Å²) in [6, 6.07) is 0. The molecular formula is C13H23NO5. The molecule has 19 heavy (non-hydrogen) atoms. The van der Waals surface area contributed by atoms with E-state index in [0.717, 1.165) is 19.3 Å². The minimum absolute atomic E-state index is 0.109. The predicted octanol–water partition coefficient (Wildman–Crippen LogP) is 1.48. The van der Waals surface area contributed by atoms with Gasteiger partial charge in [-0.15, -0.1) is 0 Å². The molecule has 0 aliphatic rings. The van der Waals surface area contributed by atoms with Crippen LogP contribution in [0.2, 0.25) is 0 Å². The second-order valence-electron chi connectivity index (χ2n) is 4.21. The fourth-order valence-electron chi connectivity index (χ4n) is 1.52. The number of carboxylic acids is 1. The standard InChI is InChI=1S/C13H23NO5/c1-2-19-13(18)9-8-11(15)14-10-6-4-3-5-7-12(16)17/h2-10H2,1H3,(H,14,15)(H,16,17). The third kappa shape index (κ3) is 12.7. The molecule has 0 aliphatic heterocycles. The number of carbonyl (C=O) groups is 3. The van der Waals surface area contributed by atoms with Crippen LogP contribution in [0.1, 0.15) is 51.9 Å². The largest absolute Gasteiger partial charge is 0.481 e. The first-order valence-corrected chi connectivity index (χ1v) is 6.70. The van der Waals surface area contributed by atoms with Gasteiger partial charge >= 0.3 is 11.9 Å². The molecule has 0 spiro atoms. The number of carboxylic acid groups (broad SMARTS) is 1. The van der Waals surface area contributed by atoms with E-state index in [1.165, 1.54) is 0 Å². The van der Waals surface area contributed by atoms with Crippen molar-refractivity contribution in [1.82, 2.24) is 5.32 Å². The Labute approximate surface area is 113 Å². The van der Waals surface area contributed by atoms with Crippen LogP contribution in [-0.4, -0.2) is 36.1 Å². The van der Waals surface area contributed by atoms with E-state index in [9.17, 15) is 14.4 Å². The van der Waals surface area contributed by atoms with E-state index < -0.39 is 5.97 Å². The molecule has 0 unspecified atom stereocenters. The van der Waals surface area contributed by atoms with Gasteiger partial charge in [-0.1, -0.05) is 12.8 Å². The third-order valence-corrected chi connectivity index (χ3v) is 2.50. The molecule has 0 fully saturated rings. The average molecular weight is 273 g/mol. The fraction of sp³-hybridized carbons (Fsp3) is 0.769. The minimum Gasteiger partial charge on any atom is -0.481 e. The maximum Gasteiger partial charge on any atom is 0.306 e. The summed E-state index contributed by atoms with van der Waals surface area (Å²) in [5.41, 5.74) is 0. The zero-order chi connectivity index (χ0) is 14.5. The summed E-state index contributed by atoms with van der Waals surface area (Å²) < 4.78 is 4.71. The number of amides is 1. The van der Waals surface area contributed by atoms with Crippen LogP contribution in [0.4, 0.5) is 0 Å². The van der Waals surface area contributed by atoms with Gasteiger partial charge in [0.25, 0.3) is 0 Å². The highest BCUT2D eigenvalue weighted by Gasteiger charge is 2.06. The molecule has 0 aliphatic carbocycles. The van der Waals surface area contributed by atoms with E-state index in [0.29, 0.717) is 19.6 Å². The van der Waals surface area contributed by atoms with Crippen LogP contribution in [0.3, 0.4) is 0 Å². The highest BCUT2D eigenvalue weighted by Crippen LogP contribution is 2.02. The number of esters is 1. The zero-order valence-electron chi connectivity index (χ0n) is 11.4. The Hall–Kier alpha value is -1.59. The quantitative estimate of drug-likeness (QED) is 0.439. The van der Waals surface area contributed by atoms with Crippen LogP contribution < -0.4 is 5.32 Å². The van der Waals surface area contributed by atoms with Gasteiger partial charge in [-0.05, 0) is 19.8 Å². The lowest BCUT2D eigenvalue weighted by molar-refractivity contribution is -0.144. The van der Waals surface area contributed by atoms with Gasteiger partial charge in [0.15, 0.2) is 0 Å². The number of ether oxygens (including phenoxy) is 1. The van der Waals surface area contributed by atoms with Gasteiger partial charge in [-0.2, -0.15) is 0 Å². The Morgan fingerprint density at radius 1 is 1.00 bits per heavy atom. The van der Waals surface area contributed by atoms with Gasteiger partial charge in [0, 0.05) is 19.4 Å². The number of hydrogen-bond acceptors (Lipinski definition) is 4. The van der Waals surface area contributed by atoms with Crippen molar-refractivity contribution in [3.05, 3.63) is 0 Å². The number of rotatable bonds is 11. The Kier molecular flexibility index (Phi) is 10.5. The highest BCUT2D eigenvalue weighted by atomic mass is 16.5. The molecule has 0 aromatic carbocycles. The smallest absolute Gasteiger partial charge is 0.306 e. The summed E-state index contributed by atoms with van der Waals surface area (Å²) in [6.45, 7) is 2.62. The van der Waals surface area contributed by atoms with E-state index in [-0.39, 0.29) is 31.1 Å². The summed E-state index contributed by atoms with van der Waals surface area (Å²) in [4.78, 5) is 32.6. The van der Waals surface area contributed by atoms with E-state index in [4.69, 9.17) is 9.84 Å². The number of carbonyl (C=O) groups excluding carboxylic acids is 2. The maximum absolute atomic E-state index is 11.3. The van der Waals surface area contributed by atoms with Crippen molar-refractivity contribution in [2.45, 2.75) is 51.9 Å². The number of hydrogen-bond donors (Lipinski definition) is 2. The fourth-order valence-corrected chi connectivity index (χ4v) is 1.52. The lowest BCUT2D eigenvalue weighted by Crippen LogP contribution is -2.25.